The van der Waals surface area contributed by atoms with Crippen LogP contribution in [0.25, 0.3) is 0 Å². The molecule has 1 aromatic rings. The van der Waals surface area contributed by atoms with Gasteiger partial charge >= 0.3 is 0 Å². The van der Waals surface area contributed by atoms with E-state index in [-0.39, 0.29) is 21.5 Å². The SMILES string of the molecule is CC[Si](CC)(CC)O[C@@]12C=CC(=O)[C@@]13C(S(=O)(=O)c1ccccc1)=C[C@H]3CC2. The second-order valence-corrected chi connectivity index (χ2v) is 14.8. The molecule has 1 fully saturated rings. The molecule has 4 nitrogen and oxygen atoms in total. The van der Waals surface area contributed by atoms with Crippen LogP contribution < -0.4 is 0 Å². The molecule has 3 aliphatic rings. The van der Waals surface area contributed by atoms with Crippen molar-refractivity contribution in [1.29, 1.82) is 0 Å². The Hall–Kier alpha value is -1.50. The van der Waals surface area contributed by atoms with Gasteiger partial charge in [0.1, 0.15) is 5.41 Å². The second kappa shape index (κ2) is 6.51. The van der Waals surface area contributed by atoms with Crippen molar-refractivity contribution in [2.24, 2.45) is 11.3 Å². The third-order valence-electron chi connectivity index (χ3n) is 7.36. The highest BCUT2D eigenvalue weighted by molar-refractivity contribution is 7.95. The van der Waals surface area contributed by atoms with Gasteiger partial charge in [0.05, 0.1) is 15.4 Å². The van der Waals surface area contributed by atoms with Gasteiger partial charge in [-0.3, -0.25) is 4.79 Å². The number of rotatable bonds is 7. The van der Waals surface area contributed by atoms with Crippen LogP contribution in [0.3, 0.4) is 0 Å². The van der Waals surface area contributed by atoms with Crippen LogP contribution in [0.5, 0.6) is 0 Å². The van der Waals surface area contributed by atoms with E-state index in [1.807, 2.05) is 12.2 Å². The minimum absolute atomic E-state index is 0.0549. The molecule has 0 amide bonds. The summed E-state index contributed by atoms with van der Waals surface area (Å²) in [4.78, 5) is 13.7. The quantitative estimate of drug-likeness (QED) is 0.607. The number of carbonyl (C=O) groups is 1. The number of hydrogen-bond donors (Lipinski definition) is 0. The molecule has 0 N–H and O–H groups in total. The minimum atomic E-state index is -3.73. The second-order valence-electron chi connectivity index (χ2n) is 8.23. The Morgan fingerprint density at radius 2 is 1.75 bits per heavy atom. The van der Waals surface area contributed by atoms with Crippen molar-refractivity contribution in [3.8, 4) is 0 Å². The van der Waals surface area contributed by atoms with Gasteiger partial charge in [0.15, 0.2) is 14.1 Å². The third-order valence-corrected chi connectivity index (χ3v) is 14.0. The molecule has 0 unspecified atom stereocenters. The predicted octanol–water partition coefficient (Wildman–Crippen LogP) is 4.65. The summed E-state index contributed by atoms with van der Waals surface area (Å²) < 4.78 is 33.9. The lowest BCUT2D eigenvalue weighted by Gasteiger charge is -2.51. The van der Waals surface area contributed by atoms with Crippen LogP contribution in [-0.2, 0) is 19.1 Å². The van der Waals surface area contributed by atoms with Crippen molar-refractivity contribution in [2.45, 2.75) is 62.2 Å². The number of benzene rings is 1. The fraction of sp³-hybridized carbons (Fsp3) is 0.500. The van der Waals surface area contributed by atoms with E-state index in [9.17, 15) is 13.2 Å². The molecule has 3 aliphatic carbocycles. The van der Waals surface area contributed by atoms with E-state index in [1.165, 1.54) is 0 Å². The normalized spacial score (nSPS) is 31.3. The van der Waals surface area contributed by atoms with E-state index >= 15 is 0 Å². The summed E-state index contributed by atoms with van der Waals surface area (Å²) in [5.74, 6) is -0.154. The number of hydrogen-bond acceptors (Lipinski definition) is 4. The first-order valence-electron chi connectivity index (χ1n) is 10.3. The molecular formula is C22H28O4SSi. The van der Waals surface area contributed by atoms with Crippen LogP contribution >= 0.6 is 0 Å². The maximum Gasteiger partial charge on any atom is 0.203 e. The Morgan fingerprint density at radius 3 is 2.36 bits per heavy atom. The summed E-state index contributed by atoms with van der Waals surface area (Å²) in [6.07, 6.45) is 6.79. The molecule has 6 heteroatoms. The molecular weight excluding hydrogens is 388 g/mol. The average Bonchev–Trinajstić information content (AvgIpc) is 3.12. The van der Waals surface area contributed by atoms with Gasteiger partial charge in [0, 0.05) is 0 Å². The van der Waals surface area contributed by atoms with Crippen LogP contribution in [0.4, 0.5) is 0 Å². The van der Waals surface area contributed by atoms with Crippen LogP contribution in [-0.4, -0.2) is 28.1 Å². The molecule has 1 aromatic carbocycles. The van der Waals surface area contributed by atoms with Gasteiger partial charge in [-0.2, -0.15) is 0 Å². The lowest BCUT2D eigenvalue weighted by atomic mass is 9.62. The van der Waals surface area contributed by atoms with E-state index in [2.05, 4.69) is 20.8 Å². The van der Waals surface area contributed by atoms with Crippen molar-refractivity contribution in [1.82, 2.24) is 0 Å². The average molecular weight is 417 g/mol. The molecule has 150 valence electrons. The molecule has 1 saturated carbocycles. The van der Waals surface area contributed by atoms with E-state index < -0.39 is 29.2 Å². The van der Waals surface area contributed by atoms with Crippen molar-refractivity contribution in [2.75, 3.05) is 0 Å². The maximum atomic E-state index is 13.5. The molecule has 0 radical (unpaired) electrons. The monoisotopic (exact) mass is 416 g/mol. The molecule has 1 spiro atoms. The van der Waals surface area contributed by atoms with Gasteiger partial charge in [-0.1, -0.05) is 45.0 Å². The number of carbonyl (C=O) groups excluding carboxylic acids is 1. The lowest BCUT2D eigenvalue weighted by Crippen LogP contribution is -2.59. The van der Waals surface area contributed by atoms with E-state index in [4.69, 9.17) is 4.43 Å². The summed E-state index contributed by atoms with van der Waals surface area (Å²) in [6, 6.07) is 11.3. The van der Waals surface area contributed by atoms with Gasteiger partial charge in [-0.25, -0.2) is 8.42 Å². The molecule has 0 aromatic heterocycles. The number of sulfone groups is 1. The Balaban J connectivity index is 1.83. The van der Waals surface area contributed by atoms with Gasteiger partial charge < -0.3 is 4.43 Å². The summed E-state index contributed by atoms with van der Waals surface area (Å²) in [5, 5.41) is 0. The standard InChI is InChI=1S/C22H28O4SSi/c1-4-28(5-2,6-3)26-21-14-12-17-16-20(22(17,21)19(23)13-15-21)27(24,25)18-10-8-7-9-11-18/h7-11,13,15-17H,4-6,12,14H2,1-3H3/t17-,21+,22+/m1/s1. The first-order valence-corrected chi connectivity index (χ1v) is 14.3. The molecule has 0 bridgehead atoms. The zero-order valence-electron chi connectivity index (χ0n) is 16.8. The van der Waals surface area contributed by atoms with Gasteiger partial charge in [0.2, 0.25) is 9.84 Å². The Morgan fingerprint density at radius 1 is 1.11 bits per heavy atom. The minimum Gasteiger partial charge on any atom is -0.407 e. The highest BCUT2D eigenvalue weighted by Gasteiger charge is 2.74. The van der Waals surface area contributed by atoms with Crippen molar-refractivity contribution >= 4 is 23.9 Å². The fourth-order valence-corrected chi connectivity index (χ4v) is 10.5. The molecule has 0 heterocycles. The Labute approximate surface area is 168 Å². The molecule has 4 rings (SSSR count). The molecule has 28 heavy (non-hydrogen) atoms. The predicted molar refractivity (Wildman–Crippen MR) is 112 cm³/mol. The summed E-state index contributed by atoms with van der Waals surface area (Å²) in [5.41, 5.74) is -1.85. The highest BCUT2D eigenvalue weighted by Crippen LogP contribution is 2.69. The van der Waals surface area contributed by atoms with Gasteiger partial charge in [-0.05, 0) is 61.2 Å². The zero-order chi connectivity index (χ0) is 20.2. The van der Waals surface area contributed by atoms with Gasteiger partial charge in [0.25, 0.3) is 0 Å². The van der Waals surface area contributed by atoms with Crippen LogP contribution in [0, 0.1) is 11.3 Å². The van der Waals surface area contributed by atoms with Gasteiger partial charge in [-0.15, -0.1) is 0 Å². The molecule has 3 atom stereocenters. The van der Waals surface area contributed by atoms with Crippen molar-refractivity contribution in [3.05, 3.63) is 53.5 Å². The first kappa shape index (κ1) is 19.8. The van der Waals surface area contributed by atoms with Crippen LogP contribution in [0.2, 0.25) is 18.1 Å². The van der Waals surface area contributed by atoms with Crippen molar-refractivity contribution in [3.63, 3.8) is 0 Å². The van der Waals surface area contributed by atoms with Crippen LogP contribution in [0.1, 0.15) is 33.6 Å². The largest absolute Gasteiger partial charge is 0.407 e. The Kier molecular flexibility index (Phi) is 4.60. The fourth-order valence-electron chi connectivity index (χ4n) is 5.53. The van der Waals surface area contributed by atoms with E-state index in [1.54, 1.807) is 36.4 Å². The van der Waals surface area contributed by atoms with Crippen LogP contribution in [0.15, 0.2) is 58.4 Å². The highest BCUT2D eigenvalue weighted by atomic mass is 32.2. The maximum absolute atomic E-state index is 13.5. The first-order chi connectivity index (χ1) is 13.3. The number of ketones is 1. The van der Waals surface area contributed by atoms with Crippen molar-refractivity contribution < 1.29 is 17.6 Å². The molecule has 0 saturated heterocycles. The summed E-state index contributed by atoms with van der Waals surface area (Å²) in [6.45, 7) is 6.48. The Bertz CT molecular complexity index is 953. The van der Waals surface area contributed by atoms with E-state index in [0.29, 0.717) is 6.42 Å². The third kappa shape index (κ3) is 2.31. The molecule has 0 aliphatic heterocycles. The summed E-state index contributed by atoms with van der Waals surface area (Å²) in [7, 11) is -5.77. The zero-order valence-corrected chi connectivity index (χ0v) is 18.6. The van der Waals surface area contributed by atoms with E-state index in [0.717, 1.165) is 24.6 Å². The topological polar surface area (TPSA) is 60.4 Å². The summed E-state index contributed by atoms with van der Waals surface area (Å²) >= 11 is 0. The number of allylic oxidation sites excluding steroid dienone is 2. The lowest BCUT2D eigenvalue weighted by molar-refractivity contribution is -0.129. The smallest absolute Gasteiger partial charge is 0.203 e.